The van der Waals surface area contributed by atoms with Crippen LogP contribution in [0.2, 0.25) is 0 Å². The van der Waals surface area contributed by atoms with Crippen molar-refractivity contribution >= 4 is 5.95 Å². The molecule has 0 amide bonds. The first kappa shape index (κ1) is 13.4. The number of rotatable bonds is 6. The van der Waals surface area contributed by atoms with Gasteiger partial charge in [0, 0.05) is 12.6 Å². The topological polar surface area (TPSA) is 95.2 Å². The maximum Gasteiger partial charge on any atom is 0.324 e. The van der Waals surface area contributed by atoms with Crippen LogP contribution in [0.3, 0.4) is 0 Å². The Hall–Kier alpha value is -1.63. The minimum absolute atomic E-state index is 0.0896. The van der Waals surface area contributed by atoms with Crippen LogP contribution in [-0.2, 0) is 0 Å². The van der Waals surface area contributed by atoms with Crippen LogP contribution in [-0.4, -0.2) is 41.8 Å². The van der Waals surface area contributed by atoms with Gasteiger partial charge in [0.05, 0.1) is 14.2 Å². The third-order valence-electron chi connectivity index (χ3n) is 2.33. The van der Waals surface area contributed by atoms with E-state index in [0.717, 1.165) is 0 Å². The summed E-state index contributed by atoms with van der Waals surface area (Å²) < 4.78 is 9.92. The monoisotopic (exact) mass is 241 g/mol. The number of methoxy groups -OCH3 is 2. The molecule has 1 rings (SSSR count). The van der Waals surface area contributed by atoms with Gasteiger partial charge in [-0.2, -0.15) is 9.97 Å². The molecule has 0 saturated heterocycles. The van der Waals surface area contributed by atoms with Crippen molar-refractivity contribution in [3.8, 4) is 12.0 Å². The highest BCUT2D eigenvalue weighted by Gasteiger charge is 2.14. The molecule has 0 saturated carbocycles. The fourth-order valence-corrected chi connectivity index (χ4v) is 1.25. The zero-order valence-electron chi connectivity index (χ0n) is 10.6. The summed E-state index contributed by atoms with van der Waals surface area (Å²) >= 11 is 0. The van der Waals surface area contributed by atoms with E-state index in [2.05, 4.69) is 34.1 Å². The zero-order valence-corrected chi connectivity index (χ0v) is 10.6. The number of aromatic nitrogens is 3. The lowest BCUT2D eigenvalue weighted by atomic mass is 10.1. The van der Waals surface area contributed by atoms with E-state index in [1.165, 1.54) is 14.2 Å². The first-order chi connectivity index (χ1) is 8.10. The summed E-state index contributed by atoms with van der Waals surface area (Å²) in [4.78, 5) is 12.1. The van der Waals surface area contributed by atoms with Gasteiger partial charge in [-0.1, -0.05) is 13.8 Å². The molecule has 3 N–H and O–H groups in total. The zero-order chi connectivity index (χ0) is 12.8. The van der Waals surface area contributed by atoms with E-state index in [4.69, 9.17) is 15.2 Å². The van der Waals surface area contributed by atoms with Gasteiger partial charge in [-0.25, -0.2) is 0 Å². The van der Waals surface area contributed by atoms with Crippen molar-refractivity contribution in [1.82, 2.24) is 15.0 Å². The molecule has 0 spiro atoms. The van der Waals surface area contributed by atoms with E-state index in [0.29, 0.717) is 18.4 Å². The number of anilines is 1. The lowest BCUT2D eigenvalue weighted by molar-refractivity contribution is 0.340. The second-order valence-corrected chi connectivity index (χ2v) is 3.86. The Morgan fingerprint density at radius 2 is 1.65 bits per heavy atom. The van der Waals surface area contributed by atoms with Crippen LogP contribution >= 0.6 is 0 Å². The van der Waals surface area contributed by atoms with Gasteiger partial charge < -0.3 is 20.5 Å². The van der Waals surface area contributed by atoms with E-state index < -0.39 is 0 Å². The van der Waals surface area contributed by atoms with Crippen LogP contribution in [0.1, 0.15) is 13.8 Å². The molecule has 0 bridgehead atoms. The standard InChI is InChI=1S/C10H19N5O2/c1-6(2)7(5-11)12-8-13-9(16-3)15-10(14-8)17-4/h6-7H,5,11H2,1-4H3,(H,12,13,14,15). The Morgan fingerprint density at radius 3 is 2.00 bits per heavy atom. The second kappa shape index (κ2) is 6.19. The molecule has 0 aliphatic rings. The molecule has 1 aromatic heterocycles. The largest absolute Gasteiger partial charge is 0.467 e. The number of hydrogen-bond acceptors (Lipinski definition) is 7. The summed E-state index contributed by atoms with van der Waals surface area (Å²) in [5.41, 5.74) is 5.67. The van der Waals surface area contributed by atoms with Gasteiger partial charge in [0.25, 0.3) is 0 Å². The minimum atomic E-state index is 0.0896. The molecule has 7 heteroatoms. The van der Waals surface area contributed by atoms with Gasteiger partial charge in [0.15, 0.2) is 0 Å². The molecule has 96 valence electrons. The molecule has 0 aliphatic carbocycles. The first-order valence-corrected chi connectivity index (χ1v) is 5.41. The molecule has 17 heavy (non-hydrogen) atoms. The van der Waals surface area contributed by atoms with Crippen molar-refractivity contribution in [2.45, 2.75) is 19.9 Å². The molecule has 0 aromatic carbocycles. The SMILES string of the molecule is COc1nc(NC(CN)C(C)C)nc(OC)n1. The average Bonchev–Trinajstić information content (AvgIpc) is 2.34. The average molecular weight is 241 g/mol. The van der Waals surface area contributed by atoms with Crippen molar-refractivity contribution in [3.05, 3.63) is 0 Å². The van der Waals surface area contributed by atoms with Crippen LogP contribution in [0.25, 0.3) is 0 Å². The van der Waals surface area contributed by atoms with Crippen molar-refractivity contribution in [1.29, 1.82) is 0 Å². The summed E-state index contributed by atoms with van der Waals surface area (Å²) in [5, 5.41) is 3.13. The van der Waals surface area contributed by atoms with Gasteiger partial charge in [-0.3, -0.25) is 0 Å². The molecule has 1 aromatic rings. The highest BCUT2D eigenvalue weighted by molar-refractivity contribution is 5.29. The van der Waals surface area contributed by atoms with E-state index in [-0.39, 0.29) is 18.1 Å². The van der Waals surface area contributed by atoms with E-state index in [1.54, 1.807) is 0 Å². The van der Waals surface area contributed by atoms with Crippen LogP contribution in [0.5, 0.6) is 12.0 Å². The fourth-order valence-electron chi connectivity index (χ4n) is 1.25. The van der Waals surface area contributed by atoms with Crippen LogP contribution in [0, 0.1) is 5.92 Å². The number of ether oxygens (including phenoxy) is 2. The Morgan fingerprint density at radius 1 is 1.12 bits per heavy atom. The smallest absolute Gasteiger partial charge is 0.324 e. The predicted octanol–water partition coefficient (Wildman–Crippen LogP) is 0.284. The quantitative estimate of drug-likeness (QED) is 0.738. The maximum absolute atomic E-state index is 5.67. The summed E-state index contributed by atoms with van der Waals surface area (Å²) in [6.45, 7) is 4.63. The molecule has 7 nitrogen and oxygen atoms in total. The highest BCUT2D eigenvalue weighted by Crippen LogP contribution is 2.14. The normalized spacial score (nSPS) is 12.4. The van der Waals surface area contributed by atoms with Crippen molar-refractivity contribution in [2.75, 3.05) is 26.1 Å². The fraction of sp³-hybridized carbons (Fsp3) is 0.700. The molecule has 1 unspecified atom stereocenters. The van der Waals surface area contributed by atoms with E-state index in [1.807, 2.05) is 0 Å². The molecule has 1 heterocycles. The lowest BCUT2D eigenvalue weighted by Crippen LogP contribution is -2.34. The van der Waals surface area contributed by atoms with Crippen molar-refractivity contribution < 1.29 is 9.47 Å². The van der Waals surface area contributed by atoms with Gasteiger partial charge in [0.1, 0.15) is 0 Å². The summed E-state index contributed by atoms with van der Waals surface area (Å²) in [6, 6.07) is 0.504. The van der Waals surface area contributed by atoms with Crippen LogP contribution in [0.4, 0.5) is 5.95 Å². The second-order valence-electron chi connectivity index (χ2n) is 3.86. The Labute approximate surface area is 101 Å². The number of nitrogens with zero attached hydrogens (tertiary/aromatic N) is 3. The Balaban J connectivity index is 2.89. The maximum atomic E-state index is 5.67. The first-order valence-electron chi connectivity index (χ1n) is 5.41. The van der Waals surface area contributed by atoms with Gasteiger partial charge in [-0.15, -0.1) is 4.98 Å². The number of nitrogens with one attached hydrogen (secondary N) is 1. The molecule has 0 aliphatic heterocycles. The van der Waals surface area contributed by atoms with Crippen molar-refractivity contribution in [3.63, 3.8) is 0 Å². The summed E-state index contributed by atoms with van der Waals surface area (Å²) in [6.07, 6.45) is 0. The Bertz CT molecular complexity index is 336. The van der Waals surface area contributed by atoms with Crippen molar-refractivity contribution in [2.24, 2.45) is 11.7 Å². The molecule has 1 atom stereocenters. The molecular weight excluding hydrogens is 222 g/mol. The molecular formula is C10H19N5O2. The van der Waals surface area contributed by atoms with E-state index in [9.17, 15) is 0 Å². The predicted molar refractivity (Wildman–Crippen MR) is 64.2 cm³/mol. The van der Waals surface area contributed by atoms with Gasteiger partial charge in [0.2, 0.25) is 5.95 Å². The molecule has 0 radical (unpaired) electrons. The lowest BCUT2D eigenvalue weighted by Gasteiger charge is -2.20. The summed E-state index contributed by atoms with van der Waals surface area (Å²) in [7, 11) is 2.98. The van der Waals surface area contributed by atoms with Gasteiger partial charge >= 0.3 is 12.0 Å². The van der Waals surface area contributed by atoms with Crippen LogP contribution < -0.4 is 20.5 Å². The highest BCUT2D eigenvalue weighted by atomic mass is 16.5. The van der Waals surface area contributed by atoms with E-state index >= 15 is 0 Å². The minimum Gasteiger partial charge on any atom is -0.467 e. The molecule has 0 fully saturated rings. The van der Waals surface area contributed by atoms with Crippen LogP contribution in [0.15, 0.2) is 0 Å². The third-order valence-corrected chi connectivity index (χ3v) is 2.33. The van der Waals surface area contributed by atoms with Gasteiger partial charge in [-0.05, 0) is 5.92 Å². The Kier molecular flexibility index (Phi) is 4.89. The summed E-state index contributed by atoms with van der Waals surface area (Å²) in [5.74, 6) is 0.770. The third kappa shape index (κ3) is 3.70. The number of nitrogens with two attached hydrogens (primary N) is 1. The number of hydrogen-bond donors (Lipinski definition) is 2.